The van der Waals surface area contributed by atoms with E-state index in [0.717, 1.165) is 29.2 Å². The molecule has 0 aliphatic rings. The minimum Gasteiger partial charge on any atom is -0.319 e. The van der Waals surface area contributed by atoms with Crippen molar-refractivity contribution in [3.05, 3.63) is 34.7 Å². The van der Waals surface area contributed by atoms with Crippen LogP contribution in [0.3, 0.4) is 0 Å². The molecule has 1 N–H and O–H groups in total. The van der Waals surface area contributed by atoms with Gasteiger partial charge < -0.3 is 5.32 Å². The lowest BCUT2D eigenvalue weighted by Crippen LogP contribution is -2.09. The monoisotopic (exact) mass is 296 g/mol. The second kappa shape index (κ2) is 5.81. The predicted molar refractivity (Wildman–Crippen MR) is 78.3 cm³/mol. The zero-order valence-corrected chi connectivity index (χ0v) is 12.5. The van der Waals surface area contributed by atoms with Gasteiger partial charge in [-0.1, -0.05) is 12.1 Å². The maximum Gasteiger partial charge on any atom is 0.175 e. The lowest BCUT2D eigenvalue weighted by Gasteiger charge is -2.00. The summed E-state index contributed by atoms with van der Waals surface area (Å²) >= 11 is 1.62. The molecule has 2 aromatic rings. The molecule has 0 amide bonds. The highest BCUT2D eigenvalue weighted by Gasteiger charge is 2.08. The van der Waals surface area contributed by atoms with Crippen LogP contribution in [0.25, 0.3) is 11.3 Å². The van der Waals surface area contributed by atoms with Gasteiger partial charge in [-0.25, -0.2) is 13.4 Å². The number of likely N-dealkylation sites (N-methyl/N-ethyl adjacent to an activating group) is 1. The molecular weight excluding hydrogens is 280 g/mol. The summed E-state index contributed by atoms with van der Waals surface area (Å²) in [7, 11) is -1.22. The van der Waals surface area contributed by atoms with Gasteiger partial charge in [0.1, 0.15) is 0 Å². The third-order valence-electron chi connectivity index (χ3n) is 2.72. The van der Waals surface area contributed by atoms with E-state index >= 15 is 0 Å². The Balaban J connectivity index is 2.20. The second-order valence-electron chi connectivity index (χ2n) is 4.28. The standard InChI is InChI=1S/C13H16N2O2S2/c1-14-8-7-13-15-12(9-18-13)10-3-5-11(6-4-10)19(2,16)17/h3-6,9,14H,7-8H2,1-2H3. The number of hydrogen-bond donors (Lipinski definition) is 1. The van der Waals surface area contributed by atoms with Crippen LogP contribution in [0.4, 0.5) is 0 Å². The molecule has 0 aliphatic carbocycles. The zero-order chi connectivity index (χ0) is 13.9. The van der Waals surface area contributed by atoms with Gasteiger partial charge in [-0.15, -0.1) is 11.3 Å². The maximum absolute atomic E-state index is 11.4. The molecule has 102 valence electrons. The zero-order valence-electron chi connectivity index (χ0n) is 10.9. The molecule has 19 heavy (non-hydrogen) atoms. The third kappa shape index (κ3) is 3.62. The molecule has 0 aliphatic heterocycles. The first-order valence-corrected chi connectivity index (χ1v) is 8.67. The molecule has 1 heterocycles. The predicted octanol–water partition coefficient (Wildman–Crippen LogP) is 1.98. The van der Waals surface area contributed by atoms with Crippen LogP contribution in [0.5, 0.6) is 0 Å². The van der Waals surface area contributed by atoms with Crippen molar-refractivity contribution in [2.75, 3.05) is 19.8 Å². The average Bonchev–Trinajstić information content (AvgIpc) is 2.84. The van der Waals surface area contributed by atoms with E-state index in [1.54, 1.807) is 35.6 Å². The molecule has 0 radical (unpaired) electrons. The number of nitrogens with one attached hydrogen (secondary N) is 1. The molecular formula is C13H16N2O2S2. The van der Waals surface area contributed by atoms with Crippen LogP contribution >= 0.6 is 11.3 Å². The summed E-state index contributed by atoms with van der Waals surface area (Å²) in [4.78, 5) is 4.87. The third-order valence-corrected chi connectivity index (χ3v) is 4.76. The Labute approximate surface area is 117 Å². The lowest BCUT2D eigenvalue weighted by atomic mass is 10.2. The quantitative estimate of drug-likeness (QED) is 0.916. The number of aromatic nitrogens is 1. The second-order valence-corrected chi connectivity index (χ2v) is 7.23. The fourth-order valence-electron chi connectivity index (χ4n) is 1.66. The van der Waals surface area contributed by atoms with Crippen molar-refractivity contribution in [1.29, 1.82) is 0 Å². The van der Waals surface area contributed by atoms with Crippen LogP contribution in [-0.2, 0) is 16.3 Å². The van der Waals surface area contributed by atoms with Gasteiger partial charge in [0.15, 0.2) is 9.84 Å². The molecule has 0 spiro atoms. The summed E-state index contributed by atoms with van der Waals surface area (Å²) in [5.74, 6) is 0. The number of nitrogens with zero attached hydrogens (tertiary/aromatic N) is 1. The summed E-state index contributed by atoms with van der Waals surface area (Å²) in [6.07, 6.45) is 2.11. The summed E-state index contributed by atoms with van der Waals surface area (Å²) in [6, 6.07) is 6.84. The van der Waals surface area contributed by atoms with Crippen molar-refractivity contribution in [3.8, 4) is 11.3 Å². The van der Waals surface area contributed by atoms with Crippen molar-refractivity contribution in [3.63, 3.8) is 0 Å². The summed E-state index contributed by atoms with van der Waals surface area (Å²) in [6.45, 7) is 0.903. The van der Waals surface area contributed by atoms with Crippen molar-refractivity contribution in [1.82, 2.24) is 10.3 Å². The van der Waals surface area contributed by atoms with E-state index in [4.69, 9.17) is 0 Å². The van der Waals surface area contributed by atoms with Crippen molar-refractivity contribution >= 4 is 21.2 Å². The number of benzene rings is 1. The van der Waals surface area contributed by atoms with Gasteiger partial charge in [0.25, 0.3) is 0 Å². The maximum atomic E-state index is 11.4. The van der Waals surface area contributed by atoms with E-state index in [1.807, 2.05) is 12.4 Å². The van der Waals surface area contributed by atoms with E-state index in [0.29, 0.717) is 4.90 Å². The fourth-order valence-corrected chi connectivity index (χ4v) is 3.10. The smallest absolute Gasteiger partial charge is 0.175 e. The highest BCUT2D eigenvalue weighted by molar-refractivity contribution is 7.90. The van der Waals surface area contributed by atoms with Crippen LogP contribution in [-0.4, -0.2) is 33.2 Å². The Morgan fingerprint density at radius 1 is 1.26 bits per heavy atom. The Morgan fingerprint density at radius 3 is 2.53 bits per heavy atom. The minimum atomic E-state index is -3.13. The first kappa shape index (κ1) is 14.2. The molecule has 6 heteroatoms. The van der Waals surface area contributed by atoms with Crippen LogP contribution in [0.2, 0.25) is 0 Å². The number of thiazole rings is 1. The highest BCUT2D eigenvalue weighted by Crippen LogP contribution is 2.23. The fraction of sp³-hybridized carbons (Fsp3) is 0.308. The molecule has 0 atom stereocenters. The van der Waals surface area contributed by atoms with Crippen LogP contribution < -0.4 is 5.32 Å². The van der Waals surface area contributed by atoms with E-state index in [1.165, 1.54) is 6.26 Å². The van der Waals surface area contributed by atoms with Gasteiger partial charge in [0, 0.05) is 30.2 Å². The molecule has 0 fully saturated rings. The molecule has 2 rings (SSSR count). The first-order valence-electron chi connectivity index (χ1n) is 5.90. The molecule has 4 nitrogen and oxygen atoms in total. The van der Waals surface area contributed by atoms with Crippen LogP contribution in [0.1, 0.15) is 5.01 Å². The largest absolute Gasteiger partial charge is 0.319 e. The van der Waals surface area contributed by atoms with Crippen molar-refractivity contribution in [2.45, 2.75) is 11.3 Å². The number of hydrogen-bond acceptors (Lipinski definition) is 5. The Kier molecular flexibility index (Phi) is 4.34. The number of sulfone groups is 1. The molecule has 0 unspecified atom stereocenters. The SMILES string of the molecule is CNCCc1nc(-c2ccc(S(C)(=O)=O)cc2)cs1. The van der Waals surface area contributed by atoms with Crippen LogP contribution in [0.15, 0.2) is 34.5 Å². The Morgan fingerprint density at radius 2 is 1.95 bits per heavy atom. The first-order chi connectivity index (χ1) is 9.00. The van der Waals surface area contributed by atoms with Gasteiger partial charge in [-0.2, -0.15) is 0 Å². The molecule has 0 bridgehead atoms. The molecule has 0 saturated heterocycles. The summed E-state index contributed by atoms with van der Waals surface area (Å²) in [5.41, 5.74) is 1.84. The highest BCUT2D eigenvalue weighted by atomic mass is 32.2. The van der Waals surface area contributed by atoms with E-state index in [9.17, 15) is 8.42 Å². The van der Waals surface area contributed by atoms with Crippen molar-refractivity contribution < 1.29 is 8.42 Å². The van der Waals surface area contributed by atoms with Gasteiger partial charge in [-0.3, -0.25) is 0 Å². The summed E-state index contributed by atoms with van der Waals surface area (Å²) in [5, 5.41) is 6.17. The van der Waals surface area contributed by atoms with Crippen molar-refractivity contribution in [2.24, 2.45) is 0 Å². The summed E-state index contributed by atoms with van der Waals surface area (Å²) < 4.78 is 22.8. The number of rotatable bonds is 5. The van der Waals surface area contributed by atoms with Gasteiger partial charge in [0.05, 0.1) is 15.6 Å². The molecule has 1 aromatic heterocycles. The van der Waals surface area contributed by atoms with E-state index < -0.39 is 9.84 Å². The van der Waals surface area contributed by atoms with Gasteiger partial charge in [0.2, 0.25) is 0 Å². The molecule has 1 aromatic carbocycles. The van der Waals surface area contributed by atoms with E-state index in [-0.39, 0.29) is 0 Å². The Hall–Kier alpha value is -1.24. The lowest BCUT2D eigenvalue weighted by molar-refractivity contribution is 0.602. The van der Waals surface area contributed by atoms with Crippen LogP contribution in [0, 0.1) is 0 Å². The van der Waals surface area contributed by atoms with Gasteiger partial charge >= 0.3 is 0 Å². The topological polar surface area (TPSA) is 59.1 Å². The van der Waals surface area contributed by atoms with Gasteiger partial charge in [-0.05, 0) is 19.2 Å². The average molecular weight is 296 g/mol. The minimum absolute atomic E-state index is 0.335. The Bertz CT molecular complexity index is 646. The van der Waals surface area contributed by atoms with E-state index in [2.05, 4.69) is 10.3 Å². The molecule has 0 saturated carbocycles. The normalized spacial score (nSPS) is 11.7.